The number of hydrogen-bond donors (Lipinski definition) is 4. The second-order valence-corrected chi connectivity index (χ2v) is 9.70. The van der Waals surface area contributed by atoms with E-state index in [2.05, 4.69) is 38.1 Å². The van der Waals surface area contributed by atoms with E-state index in [1.165, 1.54) is 11.8 Å². The number of anilines is 3. The standard InChI is InChI=1S/C26H37FN6O3/c1-17-9-20(12-28)24(10-23(17)19-3-5-32(6-4-19)13-21(27)15-34)31-25-11-26(30-18(2)29-25)33-7-8-36-22(14-33)16-35/h9-12,19,21-22,28,34-35H,3-8,13-16H2,1-2H3,(H,29,30,31). The van der Waals surface area contributed by atoms with Gasteiger partial charge in [0.2, 0.25) is 0 Å². The van der Waals surface area contributed by atoms with Crippen LogP contribution in [0.15, 0.2) is 18.2 Å². The molecular weight excluding hydrogens is 463 g/mol. The molecule has 4 rings (SSSR count). The summed E-state index contributed by atoms with van der Waals surface area (Å²) >= 11 is 0. The molecule has 36 heavy (non-hydrogen) atoms. The maximum atomic E-state index is 13.6. The zero-order valence-electron chi connectivity index (χ0n) is 21.1. The largest absolute Gasteiger partial charge is 0.394 e. The van der Waals surface area contributed by atoms with E-state index in [0.29, 0.717) is 37.3 Å². The fraction of sp³-hybridized carbons (Fsp3) is 0.577. The number of morpholine rings is 1. The number of alkyl halides is 1. The van der Waals surface area contributed by atoms with E-state index < -0.39 is 12.8 Å². The molecule has 1 aromatic carbocycles. The van der Waals surface area contributed by atoms with Gasteiger partial charge in [0, 0.05) is 43.2 Å². The molecular formula is C26H37FN6O3. The Hall–Kier alpha value is -2.66. The highest BCUT2D eigenvalue weighted by molar-refractivity contribution is 5.88. The fourth-order valence-electron chi connectivity index (χ4n) is 5.13. The van der Waals surface area contributed by atoms with Gasteiger partial charge in [-0.1, -0.05) is 0 Å². The number of aliphatic hydroxyl groups is 2. The molecule has 0 radical (unpaired) electrons. The van der Waals surface area contributed by atoms with Crippen molar-refractivity contribution >= 4 is 23.5 Å². The quantitative estimate of drug-likeness (QED) is 0.388. The third kappa shape index (κ3) is 6.36. The lowest BCUT2D eigenvalue weighted by Crippen LogP contribution is -2.44. The van der Waals surface area contributed by atoms with Gasteiger partial charge in [0.25, 0.3) is 0 Å². The van der Waals surface area contributed by atoms with Crippen LogP contribution in [-0.2, 0) is 4.74 Å². The van der Waals surface area contributed by atoms with Crippen LogP contribution in [0.3, 0.4) is 0 Å². The van der Waals surface area contributed by atoms with E-state index >= 15 is 0 Å². The second-order valence-electron chi connectivity index (χ2n) is 9.70. The maximum Gasteiger partial charge on any atom is 0.136 e. The number of nitrogens with zero attached hydrogens (tertiary/aromatic N) is 4. The number of halogens is 1. The van der Waals surface area contributed by atoms with Crippen molar-refractivity contribution in [2.24, 2.45) is 0 Å². The highest BCUT2D eigenvalue weighted by atomic mass is 19.1. The molecule has 0 saturated carbocycles. The molecule has 0 aliphatic carbocycles. The Bertz CT molecular complexity index is 1050. The molecule has 2 aliphatic heterocycles. The van der Waals surface area contributed by atoms with Crippen molar-refractivity contribution in [2.45, 2.75) is 44.9 Å². The number of aliphatic hydroxyl groups excluding tert-OH is 2. The van der Waals surface area contributed by atoms with Gasteiger partial charge in [-0.05, 0) is 69.0 Å². The van der Waals surface area contributed by atoms with Gasteiger partial charge in [0.15, 0.2) is 0 Å². The number of piperidine rings is 1. The van der Waals surface area contributed by atoms with Gasteiger partial charge in [-0.15, -0.1) is 0 Å². The number of likely N-dealkylation sites (tertiary alicyclic amines) is 1. The van der Waals surface area contributed by atoms with Crippen molar-refractivity contribution in [2.75, 3.05) is 62.8 Å². The molecule has 2 aromatic rings. The molecule has 2 fully saturated rings. The monoisotopic (exact) mass is 500 g/mol. The predicted octanol–water partition coefficient (Wildman–Crippen LogP) is 2.54. The van der Waals surface area contributed by atoms with Crippen LogP contribution in [0.25, 0.3) is 0 Å². The van der Waals surface area contributed by atoms with E-state index in [1.54, 1.807) is 0 Å². The normalized spacial score (nSPS) is 20.4. The highest BCUT2D eigenvalue weighted by Gasteiger charge is 2.25. The lowest BCUT2D eigenvalue weighted by molar-refractivity contribution is 0.00335. The summed E-state index contributed by atoms with van der Waals surface area (Å²) in [6.45, 7) is 7.10. The summed E-state index contributed by atoms with van der Waals surface area (Å²) < 4.78 is 19.2. The molecule has 10 heteroatoms. The van der Waals surface area contributed by atoms with Gasteiger partial charge in [-0.2, -0.15) is 0 Å². The summed E-state index contributed by atoms with van der Waals surface area (Å²) in [6, 6.07) is 6.05. The van der Waals surface area contributed by atoms with Gasteiger partial charge < -0.3 is 35.5 Å². The first-order valence-electron chi connectivity index (χ1n) is 12.6. The van der Waals surface area contributed by atoms with E-state index in [4.69, 9.17) is 15.3 Å². The number of aryl methyl sites for hydroxylation is 2. The summed E-state index contributed by atoms with van der Waals surface area (Å²) in [5, 5.41) is 29.9. The molecule has 0 spiro atoms. The van der Waals surface area contributed by atoms with Crippen molar-refractivity contribution in [3.05, 3.63) is 40.7 Å². The molecule has 1 aromatic heterocycles. The number of aromatic nitrogens is 2. The second kappa shape index (κ2) is 12.1. The van der Waals surface area contributed by atoms with Crippen LogP contribution in [0.4, 0.5) is 21.7 Å². The Morgan fingerprint density at radius 2 is 1.97 bits per heavy atom. The first kappa shape index (κ1) is 26.4. The summed E-state index contributed by atoms with van der Waals surface area (Å²) in [5.74, 6) is 2.40. The fourth-order valence-corrected chi connectivity index (χ4v) is 5.13. The van der Waals surface area contributed by atoms with Gasteiger partial charge in [-0.3, -0.25) is 0 Å². The van der Waals surface area contributed by atoms with Gasteiger partial charge in [0.05, 0.1) is 25.9 Å². The zero-order valence-corrected chi connectivity index (χ0v) is 21.1. The molecule has 2 atom stereocenters. The van der Waals surface area contributed by atoms with Crippen molar-refractivity contribution in [1.29, 1.82) is 5.41 Å². The van der Waals surface area contributed by atoms with Crippen LogP contribution in [0.1, 0.15) is 41.3 Å². The van der Waals surface area contributed by atoms with Crippen LogP contribution in [0, 0.1) is 19.3 Å². The van der Waals surface area contributed by atoms with Crippen LogP contribution < -0.4 is 10.2 Å². The molecule has 0 bridgehead atoms. The lowest BCUT2D eigenvalue weighted by Gasteiger charge is -2.33. The number of nitrogens with one attached hydrogen (secondary N) is 2. The number of rotatable bonds is 9. The molecule has 0 amide bonds. The molecule has 2 saturated heterocycles. The van der Waals surface area contributed by atoms with Crippen molar-refractivity contribution in [3.63, 3.8) is 0 Å². The average Bonchev–Trinajstić information content (AvgIpc) is 2.89. The summed E-state index contributed by atoms with van der Waals surface area (Å²) in [4.78, 5) is 13.3. The minimum absolute atomic E-state index is 0.0325. The first-order valence-corrected chi connectivity index (χ1v) is 12.6. The third-order valence-electron chi connectivity index (χ3n) is 7.03. The van der Waals surface area contributed by atoms with E-state index in [9.17, 15) is 9.50 Å². The van der Waals surface area contributed by atoms with Crippen LogP contribution >= 0.6 is 0 Å². The van der Waals surface area contributed by atoms with Gasteiger partial charge in [0.1, 0.15) is 23.6 Å². The summed E-state index contributed by atoms with van der Waals surface area (Å²) in [5.41, 5.74) is 3.96. The minimum Gasteiger partial charge on any atom is -0.394 e. The number of hydrogen-bond acceptors (Lipinski definition) is 9. The van der Waals surface area contributed by atoms with Crippen molar-refractivity contribution in [3.8, 4) is 0 Å². The lowest BCUT2D eigenvalue weighted by atomic mass is 9.85. The maximum absolute atomic E-state index is 13.6. The van der Waals surface area contributed by atoms with Gasteiger partial charge in [-0.25, -0.2) is 14.4 Å². The topological polar surface area (TPSA) is 118 Å². The Kier molecular flexibility index (Phi) is 8.84. The van der Waals surface area contributed by atoms with E-state index in [-0.39, 0.29) is 19.3 Å². The molecule has 196 valence electrons. The molecule has 4 N–H and O–H groups in total. The SMILES string of the molecule is Cc1nc(Nc2cc(C3CCN(CC(F)CO)CC3)c(C)cc2C=N)cc(N2CCOC(CO)C2)n1. The Morgan fingerprint density at radius 3 is 2.67 bits per heavy atom. The van der Waals surface area contributed by atoms with E-state index in [1.807, 2.05) is 19.1 Å². The molecule has 2 unspecified atom stereocenters. The molecule has 2 aliphatic rings. The van der Waals surface area contributed by atoms with Crippen LogP contribution in [-0.4, -0.2) is 96.1 Å². The highest BCUT2D eigenvalue weighted by Crippen LogP contribution is 2.34. The minimum atomic E-state index is -1.20. The smallest absolute Gasteiger partial charge is 0.136 e. The van der Waals surface area contributed by atoms with Gasteiger partial charge >= 0.3 is 0 Å². The molecule has 9 nitrogen and oxygen atoms in total. The number of benzene rings is 1. The Morgan fingerprint density at radius 1 is 1.19 bits per heavy atom. The Balaban J connectivity index is 1.53. The average molecular weight is 501 g/mol. The van der Waals surface area contributed by atoms with Crippen molar-refractivity contribution < 1.29 is 19.3 Å². The Labute approximate surface area is 211 Å². The summed E-state index contributed by atoms with van der Waals surface area (Å²) in [7, 11) is 0. The third-order valence-corrected chi connectivity index (χ3v) is 7.03. The van der Waals surface area contributed by atoms with Crippen LogP contribution in [0.5, 0.6) is 0 Å². The number of ether oxygens (including phenoxy) is 1. The zero-order chi connectivity index (χ0) is 25.7. The van der Waals surface area contributed by atoms with Crippen molar-refractivity contribution in [1.82, 2.24) is 14.9 Å². The summed E-state index contributed by atoms with van der Waals surface area (Å²) in [6.07, 6.45) is 1.75. The van der Waals surface area contributed by atoms with E-state index in [0.717, 1.165) is 48.6 Å². The first-order chi connectivity index (χ1) is 17.4. The van der Waals surface area contributed by atoms with Crippen LogP contribution in [0.2, 0.25) is 0 Å². The molecule has 3 heterocycles. The predicted molar refractivity (Wildman–Crippen MR) is 139 cm³/mol.